The average molecular weight is 219 g/mol. The molecule has 0 fully saturated rings. The monoisotopic (exact) mass is 219 g/mol. The van der Waals surface area contributed by atoms with E-state index in [-0.39, 0.29) is 6.42 Å². The Morgan fingerprint density at radius 2 is 2.13 bits per heavy atom. The van der Waals surface area contributed by atoms with Gasteiger partial charge in [0, 0.05) is 0 Å². The molecule has 0 saturated heterocycles. The summed E-state index contributed by atoms with van der Waals surface area (Å²) in [5.74, 6) is -2.45. The number of aliphatic carboxylic acids is 1. The fraction of sp³-hybridized carbons (Fsp3) is 0.750. The molecule has 0 aromatic rings. The van der Waals surface area contributed by atoms with Crippen molar-refractivity contribution < 1.29 is 24.4 Å². The maximum absolute atomic E-state index is 10.8. The minimum absolute atomic E-state index is 0.106. The minimum atomic E-state index is -1.43. The molecular formula is C8H13NO6. The first-order valence-corrected chi connectivity index (χ1v) is 4.52. The number of esters is 1. The second-order valence-corrected chi connectivity index (χ2v) is 2.94. The Balaban J connectivity index is 4.10. The van der Waals surface area contributed by atoms with Gasteiger partial charge in [-0.3, -0.25) is 19.7 Å². The van der Waals surface area contributed by atoms with Gasteiger partial charge in [-0.2, -0.15) is 0 Å². The zero-order valence-electron chi connectivity index (χ0n) is 8.34. The van der Waals surface area contributed by atoms with Gasteiger partial charge >= 0.3 is 18.2 Å². The van der Waals surface area contributed by atoms with Crippen LogP contribution in [0.1, 0.15) is 32.6 Å². The summed E-state index contributed by atoms with van der Waals surface area (Å²) < 4.78 is 4.41. The Labute approximate surface area is 86.2 Å². The van der Waals surface area contributed by atoms with Crippen LogP contribution in [0.5, 0.6) is 0 Å². The van der Waals surface area contributed by atoms with E-state index in [0.717, 1.165) is 6.42 Å². The molecule has 0 aliphatic carbocycles. The van der Waals surface area contributed by atoms with Gasteiger partial charge in [-0.1, -0.05) is 13.3 Å². The van der Waals surface area contributed by atoms with E-state index in [1.54, 1.807) is 0 Å². The molecule has 1 unspecified atom stereocenters. The molecule has 0 amide bonds. The van der Waals surface area contributed by atoms with Gasteiger partial charge in [0.25, 0.3) is 0 Å². The van der Waals surface area contributed by atoms with Gasteiger partial charge in [-0.25, -0.2) is 0 Å². The fourth-order valence-electron chi connectivity index (χ4n) is 0.903. The number of hydrogen-bond acceptors (Lipinski definition) is 5. The number of carbonyl (C=O) groups is 2. The van der Waals surface area contributed by atoms with E-state index < -0.39 is 29.5 Å². The highest BCUT2D eigenvalue weighted by molar-refractivity contribution is 5.90. The summed E-state index contributed by atoms with van der Waals surface area (Å²) in [6, 6.07) is 0. The third kappa shape index (κ3) is 6.42. The van der Waals surface area contributed by atoms with Crippen LogP contribution in [0.25, 0.3) is 0 Å². The second kappa shape index (κ2) is 6.74. The summed E-state index contributed by atoms with van der Waals surface area (Å²) in [5, 5.41) is 18.6. The number of hydrogen-bond donors (Lipinski definition) is 1. The van der Waals surface area contributed by atoms with Crippen molar-refractivity contribution in [3.8, 4) is 0 Å². The number of carbonyl (C=O) groups excluding carboxylic acids is 1. The van der Waals surface area contributed by atoms with E-state index in [1.165, 1.54) is 0 Å². The molecule has 0 aliphatic heterocycles. The van der Waals surface area contributed by atoms with Gasteiger partial charge in [-0.15, -0.1) is 0 Å². The lowest BCUT2D eigenvalue weighted by molar-refractivity contribution is -0.569. The van der Waals surface area contributed by atoms with Crippen LogP contribution in [0.3, 0.4) is 0 Å². The third-order valence-electron chi connectivity index (χ3n) is 1.60. The van der Waals surface area contributed by atoms with Crippen molar-refractivity contribution in [3.63, 3.8) is 0 Å². The Morgan fingerprint density at radius 3 is 2.53 bits per heavy atom. The minimum Gasteiger partial charge on any atom is -0.481 e. The third-order valence-corrected chi connectivity index (χ3v) is 1.60. The van der Waals surface area contributed by atoms with Gasteiger partial charge < -0.3 is 9.84 Å². The zero-order valence-corrected chi connectivity index (χ0v) is 8.34. The van der Waals surface area contributed by atoms with Crippen LogP contribution < -0.4 is 0 Å². The maximum Gasteiger partial charge on any atom is 0.355 e. The molecule has 0 heterocycles. The lowest BCUT2D eigenvalue weighted by Gasteiger charge is -2.08. The van der Waals surface area contributed by atoms with Crippen LogP contribution in [-0.4, -0.2) is 28.2 Å². The van der Waals surface area contributed by atoms with Crippen LogP contribution in [0, 0.1) is 10.1 Å². The largest absolute Gasteiger partial charge is 0.481 e. The van der Waals surface area contributed by atoms with Crippen LogP contribution in [0.4, 0.5) is 0 Å². The number of carboxylic acids is 1. The summed E-state index contributed by atoms with van der Waals surface area (Å²) in [6.07, 6.45) is -0.894. The molecule has 0 spiro atoms. The van der Waals surface area contributed by atoms with Crippen molar-refractivity contribution in [1.82, 2.24) is 0 Å². The van der Waals surface area contributed by atoms with Crippen LogP contribution in [-0.2, 0) is 14.3 Å². The summed E-state index contributed by atoms with van der Waals surface area (Å²) in [4.78, 5) is 30.6. The second-order valence-electron chi connectivity index (χ2n) is 2.94. The van der Waals surface area contributed by atoms with Crippen LogP contribution in [0.15, 0.2) is 0 Å². The number of nitrogens with zero attached hydrogens (tertiary/aromatic N) is 1. The molecular weight excluding hydrogens is 206 g/mol. The quantitative estimate of drug-likeness (QED) is 0.223. The first kappa shape index (κ1) is 13.3. The highest BCUT2D eigenvalue weighted by atomic mass is 16.7. The summed E-state index contributed by atoms with van der Waals surface area (Å²) in [5.41, 5.74) is 0. The molecule has 15 heavy (non-hydrogen) atoms. The summed E-state index contributed by atoms with van der Waals surface area (Å²) in [7, 11) is 0. The smallest absolute Gasteiger partial charge is 0.355 e. The number of rotatable bonds is 7. The molecule has 0 saturated carbocycles. The van der Waals surface area contributed by atoms with Crippen LogP contribution >= 0.6 is 0 Å². The predicted octanol–water partition coefficient (Wildman–Crippen LogP) is 0.797. The highest BCUT2D eigenvalue weighted by Gasteiger charge is 2.24. The van der Waals surface area contributed by atoms with Gasteiger partial charge in [0.05, 0.1) is 11.3 Å². The molecule has 7 nitrogen and oxygen atoms in total. The SMILES string of the molecule is CCCCC(OC(=O)CC(=O)O)[N+](=O)[O-]. The topological polar surface area (TPSA) is 107 Å². The van der Waals surface area contributed by atoms with Gasteiger partial charge in [0.2, 0.25) is 0 Å². The standard InChI is InChI=1S/C8H13NO6/c1-2-3-4-6(9(13)14)15-8(12)5-7(10)11/h6H,2-5H2,1H3,(H,10,11). The number of carboxylic acid groups (broad SMARTS) is 1. The Bertz CT molecular complexity index is 252. The summed E-state index contributed by atoms with van der Waals surface area (Å²) in [6.45, 7) is 1.84. The van der Waals surface area contributed by atoms with Crippen molar-refractivity contribution in [2.45, 2.75) is 38.8 Å². The average Bonchev–Trinajstić information content (AvgIpc) is 2.10. The fourth-order valence-corrected chi connectivity index (χ4v) is 0.903. The first-order valence-electron chi connectivity index (χ1n) is 4.52. The molecule has 7 heteroatoms. The van der Waals surface area contributed by atoms with Gasteiger partial charge in [-0.05, 0) is 6.42 Å². The molecule has 86 valence electrons. The highest BCUT2D eigenvalue weighted by Crippen LogP contribution is 2.06. The van der Waals surface area contributed by atoms with E-state index in [0.29, 0.717) is 6.42 Å². The van der Waals surface area contributed by atoms with Crippen molar-refractivity contribution in [1.29, 1.82) is 0 Å². The van der Waals surface area contributed by atoms with E-state index in [2.05, 4.69) is 4.74 Å². The van der Waals surface area contributed by atoms with Crippen molar-refractivity contribution in [2.75, 3.05) is 0 Å². The maximum atomic E-state index is 10.8. The first-order chi connectivity index (χ1) is 6.97. The number of nitro groups is 1. The number of ether oxygens (including phenoxy) is 1. The Kier molecular flexibility index (Phi) is 6.00. The lowest BCUT2D eigenvalue weighted by Crippen LogP contribution is -2.27. The molecule has 1 N–H and O–H groups in total. The van der Waals surface area contributed by atoms with Crippen molar-refractivity contribution in [3.05, 3.63) is 10.1 Å². The molecule has 0 aromatic heterocycles. The van der Waals surface area contributed by atoms with E-state index in [9.17, 15) is 19.7 Å². The Hall–Kier alpha value is -1.66. The van der Waals surface area contributed by atoms with E-state index in [4.69, 9.17) is 5.11 Å². The number of unbranched alkanes of at least 4 members (excludes halogenated alkanes) is 1. The van der Waals surface area contributed by atoms with Gasteiger partial charge in [0.1, 0.15) is 6.42 Å². The summed E-state index contributed by atoms with van der Waals surface area (Å²) >= 11 is 0. The van der Waals surface area contributed by atoms with E-state index >= 15 is 0 Å². The van der Waals surface area contributed by atoms with Crippen molar-refractivity contribution >= 4 is 11.9 Å². The van der Waals surface area contributed by atoms with Gasteiger partial charge in [0.15, 0.2) is 0 Å². The lowest BCUT2D eigenvalue weighted by atomic mass is 10.2. The predicted molar refractivity (Wildman–Crippen MR) is 48.7 cm³/mol. The molecule has 1 atom stereocenters. The Morgan fingerprint density at radius 1 is 1.53 bits per heavy atom. The van der Waals surface area contributed by atoms with E-state index in [1.807, 2.05) is 6.92 Å². The molecule has 0 radical (unpaired) electrons. The van der Waals surface area contributed by atoms with Crippen molar-refractivity contribution in [2.24, 2.45) is 0 Å². The molecule has 0 bridgehead atoms. The van der Waals surface area contributed by atoms with Crippen LogP contribution in [0.2, 0.25) is 0 Å². The molecule has 0 aromatic carbocycles. The molecule has 0 aliphatic rings. The normalized spacial score (nSPS) is 11.8. The zero-order chi connectivity index (χ0) is 11.8. The molecule has 0 rings (SSSR count).